The highest BCUT2D eigenvalue weighted by Crippen LogP contribution is 2.11. The van der Waals surface area contributed by atoms with Crippen LogP contribution in [0.15, 0.2) is 5.38 Å². The Balaban J connectivity index is 2.39. The molecule has 1 unspecified atom stereocenters. The molecule has 0 saturated heterocycles. The number of nitrogens with one attached hydrogen (secondary N) is 1. The fourth-order valence-electron chi connectivity index (χ4n) is 1.16. The van der Waals surface area contributed by atoms with Gasteiger partial charge in [0, 0.05) is 12.0 Å². The van der Waals surface area contributed by atoms with Crippen LogP contribution in [0.25, 0.3) is 0 Å². The van der Waals surface area contributed by atoms with Crippen molar-refractivity contribution in [1.29, 1.82) is 0 Å². The zero-order chi connectivity index (χ0) is 10.2. The van der Waals surface area contributed by atoms with E-state index in [0.717, 1.165) is 25.3 Å². The lowest BCUT2D eigenvalue weighted by molar-refractivity contribution is 0.111. The van der Waals surface area contributed by atoms with Gasteiger partial charge in [-0.2, -0.15) is 0 Å². The van der Waals surface area contributed by atoms with Crippen molar-refractivity contribution in [1.82, 2.24) is 14.9 Å². The Morgan fingerprint density at radius 3 is 3.00 bits per heavy atom. The van der Waals surface area contributed by atoms with Crippen molar-refractivity contribution in [3.63, 3.8) is 0 Å². The Morgan fingerprint density at radius 1 is 1.57 bits per heavy atom. The summed E-state index contributed by atoms with van der Waals surface area (Å²) in [5.74, 6) is 0. The van der Waals surface area contributed by atoms with Crippen LogP contribution in [0.4, 0.5) is 0 Å². The highest BCUT2D eigenvalue weighted by Gasteiger charge is 2.12. The molecular formula is C9H17N3OS. The lowest BCUT2D eigenvalue weighted by Crippen LogP contribution is -2.25. The summed E-state index contributed by atoms with van der Waals surface area (Å²) in [6, 6.07) is 0.185. The predicted octanol–water partition coefficient (Wildman–Crippen LogP) is 1.62. The molecule has 1 N–H and O–H groups in total. The number of nitrogens with zero attached hydrogens (tertiary/aromatic N) is 2. The van der Waals surface area contributed by atoms with Crippen molar-refractivity contribution in [2.75, 3.05) is 19.8 Å². The SMILES string of the molecule is CCCOCC(NCC)c1csnn1. The second-order valence-electron chi connectivity index (χ2n) is 3.01. The second-order valence-corrected chi connectivity index (χ2v) is 3.62. The van der Waals surface area contributed by atoms with Gasteiger partial charge in [0.05, 0.1) is 18.3 Å². The highest BCUT2D eigenvalue weighted by atomic mass is 32.1. The lowest BCUT2D eigenvalue weighted by Gasteiger charge is -2.14. The fourth-order valence-corrected chi connectivity index (χ4v) is 1.67. The van der Waals surface area contributed by atoms with Crippen LogP contribution in [0.1, 0.15) is 32.0 Å². The van der Waals surface area contributed by atoms with Crippen molar-refractivity contribution in [3.05, 3.63) is 11.1 Å². The zero-order valence-electron chi connectivity index (χ0n) is 8.69. The molecule has 80 valence electrons. The summed E-state index contributed by atoms with van der Waals surface area (Å²) in [5.41, 5.74) is 0.980. The van der Waals surface area contributed by atoms with Gasteiger partial charge in [-0.1, -0.05) is 18.3 Å². The summed E-state index contributed by atoms with van der Waals surface area (Å²) in [6.07, 6.45) is 1.05. The molecule has 0 aliphatic carbocycles. The first kappa shape index (κ1) is 11.6. The molecule has 1 rings (SSSR count). The maximum atomic E-state index is 5.50. The Bertz CT molecular complexity index is 228. The number of ether oxygens (including phenoxy) is 1. The standard InChI is InChI=1S/C9H17N3OS/c1-3-5-13-6-8(10-4-2)9-7-14-12-11-9/h7-8,10H,3-6H2,1-2H3. The average molecular weight is 215 g/mol. The quantitative estimate of drug-likeness (QED) is 0.702. The van der Waals surface area contributed by atoms with Crippen LogP contribution in [-0.2, 0) is 4.74 Å². The van der Waals surface area contributed by atoms with Gasteiger partial charge in [-0.15, -0.1) is 5.10 Å². The molecule has 0 spiro atoms. The van der Waals surface area contributed by atoms with Crippen molar-refractivity contribution in [2.24, 2.45) is 0 Å². The molecule has 1 atom stereocenters. The molecule has 0 radical (unpaired) electrons. The second kappa shape index (κ2) is 6.86. The van der Waals surface area contributed by atoms with Crippen LogP contribution in [0.5, 0.6) is 0 Å². The minimum atomic E-state index is 0.185. The zero-order valence-corrected chi connectivity index (χ0v) is 9.51. The minimum absolute atomic E-state index is 0.185. The van der Waals surface area contributed by atoms with E-state index in [1.807, 2.05) is 5.38 Å². The number of rotatable bonds is 7. The molecule has 4 nitrogen and oxygen atoms in total. The molecule has 1 aromatic heterocycles. The van der Waals surface area contributed by atoms with E-state index < -0.39 is 0 Å². The summed E-state index contributed by atoms with van der Waals surface area (Å²) >= 11 is 1.38. The first-order valence-electron chi connectivity index (χ1n) is 4.96. The Hall–Kier alpha value is -0.520. The van der Waals surface area contributed by atoms with Crippen LogP contribution in [0.2, 0.25) is 0 Å². The fraction of sp³-hybridized carbons (Fsp3) is 0.778. The highest BCUT2D eigenvalue weighted by molar-refractivity contribution is 7.03. The van der Waals surface area contributed by atoms with Crippen LogP contribution < -0.4 is 5.32 Å². The van der Waals surface area contributed by atoms with E-state index in [1.165, 1.54) is 11.5 Å². The third-order valence-electron chi connectivity index (χ3n) is 1.82. The molecule has 0 aromatic carbocycles. The maximum Gasteiger partial charge on any atom is 0.0948 e. The molecule has 0 saturated carbocycles. The van der Waals surface area contributed by atoms with Gasteiger partial charge in [0.2, 0.25) is 0 Å². The molecular weight excluding hydrogens is 198 g/mol. The van der Waals surface area contributed by atoms with Crippen molar-refractivity contribution in [2.45, 2.75) is 26.3 Å². The molecule has 0 aliphatic heterocycles. The molecule has 0 amide bonds. The van der Waals surface area contributed by atoms with E-state index in [2.05, 4.69) is 28.8 Å². The third-order valence-corrected chi connectivity index (χ3v) is 2.34. The van der Waals surface area contributed by atoms with Gasteiger partial charge in [0.25, 0.3) is 0 Å². The van der Waals surface area contributed by atoms with Gasteiger partial charge in [-0.25, -0.2) is 0 Å². The van der Waals surface area contributed by atoms with Gasteiger partial charge in [-0.05, 0) is 24.5 Å². The minimum Gasteiger partial charge on any atom is -0.379 e. The van der Waals surface area contributed by atoms with E-state index in [9.17, 15) is 0 Å². The Labute approximate surface area is 88.8 Å². The molecule has 14 heavy (non-hydrogen) atoms. The molecule has 0 aliphatic rings. The van der Waals surface area contributed by atoms with Gasteiger partial charge in [-0.3, -0.25) is 0 Å². The average Bonchev–Trinajstić information content (AvgIpc) is 2.70. The maximum absolute atomic E-state index is 5.50. The van der Waals surface area contributed by atoms with E-state index >= 15 is 0 Å². The molecule has 0 bridgehead atoms. The molecule has 1 aromatic rings. The van der Waals surface area contributed by atoms with Gasteiger partial charge in [0.1, 0.15) is 0 Å². The normalized spacial score (nSPS) is 13.0. The predicted molar refractivity (Wildman–Crippen MR) is 57.4 cm³/mol. The molecule has 1 heterocycles. The van der Waals surface area contributed by atoms with Gasteiger partial charge in [0.15, 0.2) is 0 Å². The van der Waals surface area contributed by atoms with Crippen LogP contribution in [0.3, 0.4) is 0 Å². The summed E-state index contributed by atoms with van der Waals surface area (Å²) in [5, 5.41) is 9.32. The first-order chi connectivity index (χ1) is 6.88. The largest absolute Gasteiger partial charge is 0.379 e. The van der Waals surface area contributed by atoms with E-state index in [1.54, 1.807) is 0 Å². The van der Waals surface area contributed by atoms with Crippen LogP contribution >= 0.6 is 11.5 Å². The van der Waals surface area contributed by atoms with Crippen LogP contribution in [-0.4, -0.2) is 29.3 Å². The lowest BCUT2D eigenvalue weighted by atomic mass is 10.2. The summed E-state index contributed by atoms with van der Waals surface area (Å²) in [7, 11) is 0. The molecule has 0 fully saturated rings. The van der Waals surface area contributed by atoms with E-state index in [0.29, 0.717) is 6.61 Å². The summed E-state index contributed by atoms with van der Waals surface area (Å²) < 4.78 is 9.35. The molecule has 5 heteroatoms. The summed E-state index contributed by atoms with van der Waals surface area (Å²) in [4.78, 5) is 0. The topological polar surface area (TPSA) is 47.0 Å². The van der Waals surface area contributed by atoms with Crippen molar-refractivity contribution < 1.29 is 4.74 Å². The van der Waals surface area contributed by atoms with Gasteiger partial charge < -0.3 is 10.1 Å². The number of likely N-dealkylation sites (N-methyl/N-ethyl adjacent to an activating group) is 1. The van der Waals surface area contributed by atoms with Crippen molar-refractivity contribution >= 4 is 11.5 Å². The summed E-state index contributed by atoms with van der Waals surface area (Å²) in [6.45, 7) is 6.57. The van der Waals surface area contributed by atoms with Gasteiger partial charge >= 0.3 is 0 Å². The number of hydrogen-bond donors (Lipinski definition) is 1. The Morgan fingerprint density at radius 2 is 2.43 bits per heavy atom. The number of aromatic nitrogens is 2. The monoisotopic (exact) mass is 215 g/mol. The number of hydrogen-bond acceptors (Lipinski definition) is 5. The third kappa shape index (κ3) is 3.69. The van der Waals surface area contributed by atoms with E-state index in [-0.39, 0.29) is 6.04 Å². The van der Waals surface area contributed by atoms with Crippen molar-refractivity contribution in [3.8, 4) is 0 Å². The van der Waals surface area contributed by atoms with E-state index in [4.69, 9.17) is 4.74 Å². The first-order valence-corrected chi connectivity index (χ1v) is 5.80. The smallest absolute Gasteiger partial charge is 0.0948 e. The van der Waals surface area contributed by atoms with Crippen LogP contribution in [0, 0.1) is 0 Å². The Kier molecular flexibility index (Phi) is 5.66.